The Labute approximate surface area is 107 Å². The van der Waals surface area contributed by atoms with Gasteiger partial charge in [0, 0.05) is 25.2 Å². The van der Waals surface area contributed by atoms with Gasteiger partial charge in [0.2, 0.25) is 0 Å². The number of hydrogen-bond donors (Lipinski definition) is 1. The molecule has 0 aromatic heterocycles. The largest absolute Gasteiger partial charge is 0.326 e. The number of likely N-dealkylation sites (tertiary alicyclic amines) is 1. The van der Waals surface area contributed by atoms with Crippen LogP contribution >= 0.6 is 0 Å². The summed E-state index contributed by atoms with van der Waals surface area (Å²) in [7, 11) is 0. The fraction of sp³-hybridized carbons (Fsp3) is 1.00. The van der Waals surface area contributed by atoms with E-state index in [-0.39, 0.29) is 0 Å². The molecule has 2 aliphatic rings. The minimum atomic E-state index is 0.419. The summed E-state index contributed by atoms with van der Waals surface area (Å²) >= 11 is 0. The lowest BCUT2D eigenvalue weighted by Gasteiger charge is -2.40. The summed E-state index contributed by atoms with van der Waals surface area (Å²) in [6.45, 7) is 7.16. The molecule has 1 saturated carbocycles. The average molecular weight is 238 g/mol. The normalized spacial score (nSPS) is 34.8. The smallest absolute Gasteiger partial charge is 0.0196 e. The van der Waals surface area contributed by atoms with Crippen molar-refractivity contribution in [1.82, 2.24) is 4.90 Å². The van der Waals surface area contributed by atoms with E-state index >= 15 is 0 Å². The molecule has 17 heavy (non-hydrogen) atoms. The Hall–Kier alpha value is -0.0800. The second kappa shape index (κ2) is 6.19. The first-order valence-electron chi connectivity index (χ1n) is 7.66. The van der Waals surface area contributed by atoms with Crippen molar-refractivity contribution in [3.8, 4) is 0 Å². The maximum Gasteiger partial charge on any atom is 0.0196 e. The van der Waals surface area contributed by atoms with Crippen molar-refractivity contribution in [3.05, 3.63) is 0 Å². The summed E-state index contributed by atoms with van der Waals surface area (Å²) in [6.07, 6.45) is 9.75. The molecule has 0 spiro atoms. The first-order valence-corrected chi connectivity index (χ1v) is 7.66. The van der Waals surface area contributed by atoms with E-state index in [2.05, 4.69) is 18.7 Å². The maximum atomic E-state index is 6.45. The van der Waals surface area contributed by atoms with Gasteiger partial charge in [0.25, 0.3) is 0 Å². The third-order valence-corrected chi connectivity index (χ3v) is 4.95. The van der Waals surface area contributed by atoms with Crippen molar-refractivity contribution in [1.29, 1.82) is 0 Å². The second-order valence-corrected chi connectivity index (χ2v) is 6.55. The van der Waals surface area contributed by atoms with Gasteiger partial charge < -0.3 is 5.73 Å². The van der Waals surface area contributed by atoms with E-state index in [1.165, 1.54) is 51.5 Å². The van der Waals surface area contributed by atoms with Crippen molar-refractivity contribution in [2.24, 2.45) is 17.6 Å². The van der Waals surface area contributed by atoms with Crippen LogP contribution in [-0.2, 0) is 0 Å². The third-order valence-electron chi connectivity index (χ3n) is 4.95. The number of piperidine rings is 1. The van der Waals surface area contributed by atoms with Gasteiger partial charge in [0.15, 0.2) is 0 Å². The Bertz CT molecular complexity index is 223. The quantitative estimate of drug-likeness (QED) is 0.819. The van der Waals surface area contributed by atoms with Crippen molar-refractivity contribution in [2.75, 3.05) is 13.1 Å². The van der Waals surface area contributed by atoms with Crippen LogP contribution in [0.4, 0.5) is 0 Å². The van der Waals surface area contributed by atoms with Gasteiger partial charge in [0.1, 0.15) is 0 Å². The molecule has 0 aromatic rings. The Morgan fingerprint density at radius 2 is 1.76 bits per heavy atom. The first-order chi connectivity index (χ1) is 8.16. The molecule has 2 N–H and O–H groups in total. The Morgan fingerprint density at radius 3 is 2.47 bits per heavy atom. The number of nitrogens with zero attached hydrogens (tertiary/aromatic N) is 1. The van der Waals surface area contributed by atoms with E-state index in [1.807, 2.05) is 0 Å². The summed E-state index contributed by atoms with van der Waals surface area (Å²) in [5.41, 5.74) is 6.45. The lowest BCUT2D eigenvalue weighted by atomic mass is 9.83. The fourth-order valence-electron chi connectivity index (χ4n) is 3.62. The lowest BCUT2D eigenvalue weighted by molar-refractivity contribution is 0.103. The molecule has 3 unspecified atom stereocenters. The van der Waals surface area contributed by atoms with Gasteiger partial charge in [-0.2, -0.15) is 0 Å². The van der Waals surface area contributed by atoms with Crippen LogP contribution in [0.3, 0.4) is 0 Å². The van der Waals surface area contributed by atoms with Crippen LogP contribution in [0.2, 0.25) is 0 Å². The van der Waals surface area contributed by atoms with Crippen LogP contribution in [0.15, 0.2) is 0 Å². The second-order valence-electron chi connectivity index (χ2n) is 6.55. The van der Waals surface area contributed by atoms with Gasteiger partial charge in [-0.15, -0.1) is 0 Å². The Kier molecular flexibility index (Phi) is 4.87. The molecule has 0 radical (unpaired) electrons. The monoisotopic (exact) mass is 238 g/mol. The van der Waals surface area contributed by atoms with Crippen molar-refractivity contribution in [3.63, 3.8) is 0 Å². The zero-order chi connectivity index (χ0) is 12.3. The van der Waals surface area contributed by atoms with Crippen molar-refractivity contribution >= 4 is 0 Å². The van der Waals surface area contributed by atoms with Gasteiger partial charge in [-0.1, -0.05) is 26.2 Å². The molecule has 100 valence electrons. The number of nitrogens with two attached hydrogens (primary N) is 1. The molecular formula is C15H30N2. The predicted molar refractivity (Wildman–Crippen MR) is 74.0 cm³/mol. The highest BCUT2D eigenvalue weighted by molar-refractivity contribution is 4.84. The first kappa shape index (κ1) is 13.4. The molecule has 0 amide bonds. The predicted octanol–water partition coefficient (Wildman–Crippen LogP) is 3.01. The van der Waals surface area contributed by atoms with Crippen LogP contribution in [0.25, 0.3) is 0 Å². The Balaban J connectivity index is 1.81. The van der Waals surface area contributed by atoms with E-state index in [0.717, 1.165) is 24.4 Å². The van der Waals surface area contributed by atoms with Gasteiger partial charge in [0.05, 0.1) is 0 Å². The van der Waals surface area contributed by atoms with Gasteiger partial charge in [-0.25, -0.2) is 0 Å². The fourth-order valence-corrected chi connectivity index (χ4v) is 3.62. The van der Waals surface area contributed by atoms with Gasteiger partial charge >= 0.3 is 0 Å². The molecule has 0 aromatic carbocycles. The standard InChI is InChI=1S/C15H30N2/c1-12-8-9-13(2)17(10-12)11-15(16)14-6-4-3-5-7-14/h12-15H,3-11,16H2,1-2H3. The van der Waals surface area contributed by atoms with E-state index in [9.17, 15) is 0 Å². The molecule has 0 bridgehead atoms. The van der Waals surface area contributed by atoms with Crippen molar-refractivity contribution < 1.29 is 0 Å². The highest BCUT2D eigenvalue weighted by Gasteiger charge is 2.27. The average Bonchev–Trinajstić information content (AvgIpc) is 2.35. The molecule has 1 heterocycles. The third kappa shape index (κ3) is 3.69. The van der Waals surface area contributed by atoms with Crippen LogP contribution in [0.5, 0.6) is 0 Å². The van der Waals surface area contributed by atoms with Crippen LogP contribution in [0.1, 0.15) is 58.8 Å². The number of hydrogen-bond acceptors (Lipinski definition) is 2. The van der Waals surface area contributed by atoms with Crippen molar-refractivity contribution in [2.45, 2.75) is 70.9 Å². The molecule has 2 fully saturated rings. The zero-order valence-electron chi connectivity index (χ0n) is 11.7. The highest BCUT2D eigenvalue weighted by atomic mass is 15.2. The SMILES string of the molecule is CC1CCC(C)N(CC(N)C2CCCCC2)C1. The van der Waals surface area contributed by atoms with Crippen LogP contribution in [0, 0.1) is 11.8 Å². The summed E-state index contributed by atoms with van der Waals surface area (Å²) in [6, 6.07) is 1.17. The van der Waals surface area contributed by atoms with E-state index in [1.54, 1.807) is 0 Å². The molecular weight excluding hydrogens is 208 g/mol. The molecule has 3 atom stereocenters. The molecule has 1 saturated heterocycles. The maximum absolute atomic E-state index is 6.45. The minimum Gasteiger partial charge on any atom is -0.326 e. The zero-order valence-corrected chi connectivity index (χ0v) is 11.7. The summed E-state index contributed by atoms with van der Waals surface area (Å²) in [5, 5.41) is 0. The Morgan fingerprint density at radius 1 is 1.06 bits per heavy atom. The molecule has 1 aliphatic carbocycles. The van der Waals surface area contributed by atoms with Gasteiger partial charge in [-0.05, 0) is 44.4 Å². The van der Waals surface area contributed by atoms with E-state index in [0.29, 0.717) is 6.04 Å². The highest BCUT2D eigenvalue weighted by Crippen LogP contribution is 2.28. The lowest BCUT2D eigenvalue weighted by Crippen LogP contribution is -2.49. The molecule has 2 heteroatoms. The van der Waals surface area contributed by atoms with Crippen LogP contribution < -0.4 is 5.73 Å². The summed E-state index contributed by atoms with van der Waals surface area (Å²) in [5.74, 6) is 1.66. The summed E-state index contributed by atoms with van der Waals surface area (Å²) in [4.78, 5) is 2.65. The van der Waals surface area contributed by atoms with E-state index in [4.69, 9.17) is 5.73 Å². The minimum absolute atomic E-state index is 0.419. The number of rotatable bonds is 3. The van der Waals surface area contributed by atoms with Gasteiger partial charge in [-0.3, -0.25) is 4.90 Å². The topological polar surface area (TPSA) is 29.3 Å². The molecule has 2 nitrogen and oxygen atoms in total. The molecule has 2 rings (SSSR count). The summed E-state index contributed by atoms with van der Waals surface area (Å²) < 4.78 is 0. The van der Waals surface area contributed by atoms with Crippen LogP contribution in [-0.4, -0.2) is 30.1 Å². The van der Waals surface area contributed by atoms with E-state index < -0.39 is 0 Å². The molecule has 1 aliphatic heterocycles.